The Morgan fingerprint density at radius 3 is 1.93 bits per heavy atom. The van der Waals surface area contributed by atoms with Gasteiger partial charge in [-0.2, -0.15) is 0 Å². The van der Waals surface area contributed by atoms with Crippen LogP contribution < -0.4 is 0 Å². The first kappa shape index (κ1) is 28.9. The largest absolute Gasteiger partial charge is 0.460 e. The normalized spacial score (nSPS) is 17.4. The second-order valence-electron chi connectivity index (χ2n) is 10.7. The van der Waals surface area contributed by atoms with Crippen LogP contribution in [0.2, 0.25) is 0 Å². The number of nitrogens with zero attached hydrogens (tertiary/aromatic N) is 1. The van der Waals surface area contributed by atoms with Gasteiger partial charge in [0.1, 0.15) is 25.4 Å². The molecule has 0 saturated carbocycles. The number of hydrogen-bond acceptors (Lipinski definition) is 6. The number of hydrogen-bond donors (Lipinski definition) is 0. The maximum Gasteiger partial charge on any atom is 0.410 e. The summed E-state index contributed by atoms with van der Waals surface area (Å²) >= 11 is 0. The van der Waals surface area contributed by atoms with Crippen LogP contribution in [0, 0.1) is 5.92 Å². The first-order chi connectivity index (χ1) is 19.3. The Labute approximate surface area is 236 Å². The van der Waals surface area contributed by atoms with Gasteiger partial charge in [0.25, 0.3) is 0 Å². The van der Waals surface area contributed by atoms with E-state index in [1.54, 1.807) is 6.92 Å². The van der Waals surface area contributed by atoms with E-state index in [0.717, 1.165) is 23.1 Å². The average Bonchev–Trinajstić information content (AvgIpc) is 3.39. The number of amides is 1. The van der Waals surface area contributed by atoms with Gasteiger partial charge in [-0.1, -0.05) is 98.8 Å². The molecule has 7 nitrogen and oxygen atoms in total. The van der Waals surface area contributed by atoms with Crippen molar-refractivity contribution in [3.8, 4) is 0 Å². The van der Waals surface area contributed by atoms with Crippen LogP contribution in [0.25, 0.3) is 0 Å². The van der Waals surface area contributed by atoms with Gasteiger partial charge in [-0.25, -0.2) is 9.59 Å². The summed E-state index contributed by atoms with van der Waals surface area (Å²) in [4.78, 5) is 40.5. The number of likely N-dealkylation sites (tertiary alicyclic amines) is 1. The van der Waals surface area contributed by atoms with Crippen molar-refractivity contribution in [2.45, 2.75) is 64.9 Å². The van der Waals surface area contributed by atoms with E-state index in [4.69, 9.17) is 14.2 Å². The van der Waals surface area contributed by atoms with Crippen molar-refractivity contribution in [2.75, 3.05) is 6.54 Å². The lowest BCUT2D eigenvalue weighted by atomic mass is 9.97. The molecule has 3 aromatic rings. The predicted molar refractivity (Wildman–Crippen MR) is 151 cm³/mol. The SMILES string of the molecule is CC(C)Cc1ccc(C(C)C(=O)OC2C[C@@H](C(=O)OCc3ccccc3)N(C(=O)OCc3ccccc3)C2)cc1. The molecule has 0 radical (unpaired) electrons. The van der Waals surface area contributed by atoms with E-state index >= 15 is 0 Å². The molecule has 1 fully saturated rings. The molecule has 40 heavy (non-hydrogen) atoms. The number of esters is 2. The number of benzene rings is 3. The maximum absolute atomic E-state index is 13.1. The molecule has 210 valence electrons. The van der Waals surface area contributed by atoms with Crippen molar-refractivity contribution < 1.29 is 28.6 Å². The van der Waals surface area contributed by atoms with Crippen molar-refractivity contribution >= 4 is 18.0 Å². The quantitative estimate of drug-likeness (QED) is 0.229. The summed E-state index contributed by atoms with van der Waals surface area (Å²) < 4.78 is 16.9. The predicted octanol–water partition coefficient (Wildman–Crippen LogP) is 6.05. The summed E-state index contributed by atoms with van der Waals surface area (Å²) in [5.41, 5.74) is 3.74. The van der Waals surface area contributed by atoms with Gasteiger partial charge < -0.3 is 14.2 Å². The van der Waals surface area contributed by atoms with Crippen LogP contribution in [-0.2, 0) is 43.4 Å². The summed E-state index contributed by atoms with van der Waals surface area (Å²) in [7, 11) is 0. The first-order valence-corrected chi connectivity index (χ1v) is 13.8. The topological polar surface area (TPSA) is 82.1 Å². The van der Waals surface area contributed by atoms with E-state index in [1.165, 1.54) is 10.5 Å². The Kier molecular flexibility index (Phi) is 9.95. The minimum Gasteiger partial charge on any atom is -0.460 e. The smallest absolute Gasteiger partial charge is 0.410 e. The Bertz CT molecular complexity index is 1200. The summed E-state index contributed by atoms with van der Waals surface area (Å²) in [6.07, 6.45) is -0.203. The van der Waals surface area contributed by atoms with Gasteiger partial charge in [0.2, 0.25) is 0 Å². The molecule has 1 aliphatic rings. The van der Waals surface area contributed by atoms with Gasteiger partial charge in [0.05, 0.1) is 12.5 Å². The molecule has 0 N–H and O–H groups in total. The minimum atomic E-state index is -0.921. The van der Waals surface area contributed by atoms with Crippen molar-refractivity contribution in [2.24, 2.45) is 5.92 Å². The monoisotopic (exact) mass is 543 g/mol. The zero-order valence-electron chi connectivity index (χ0n) is 23.3. The van der Waals surface area contributed by atoms with Crippen LogP contribution >= 0.6 is 0 Å². The second-order valence-corrected chi connectivity index (χ2v) is 10.7. The lowest BCUT2D eigenvalue weighted by Gasteiger charge is -2.22. The third-order valence-corrected chi connectivity index (χ3v) is 6.96. The molecule has 7 heteroatoms. The van der Waals surface area contributed by atoms with Crippen LogP contribution in [-0.4, -0.2) is 41.6 Å². The molecule has 2 unspecified atom stereocenters. The van der Waals surface area contributed by atoms with Crippen molar-refractivity contribution in [1.82, 2.24) is 4.90 Å². The van der Waals surface area contributed by atoms with Gasteiger partial charge in [-0.15, -0.1) is 0 Å². The van der Waals surface area contributed by atoms with Gasteiger partial charge in [0.15, 0.2) is 0 Å². The lowest BCUT2D eigenvalue weighted by Crippen LogP contribution is -2.41. The Morgan fingerprint density at radius 2 is 1.35 bits per heavy atom. The average molecular weight is 544 g/mol. The first-order valence-electron chi connectivity index (χ1n) is 13.8. The molecular formula is C33H37NO6. The Morgan fingerprint density at radius 1 is 0.775 bits per heavy atom. The highest BCUT2D eigenvalue weighted by atomic mass is 16.6. The highest BCUT2D eigenvalue weighted by Crippen LogP contribution is 2.26. The number of ether oxygens (including phenoxy) is 3. The highest BCUT2D eigenvalue weighted by molar-refractivity contribution is 5.83. The molecule has 4 rings (SSSR count). The number of rotatable bonds is 10. The Hall–Kier alpha value is -4.13. The molecular weight excluding hydrogens is 506 g/mol. The molecule has 3 aromatic carbocycles. The lowest BCUT2D eigenvalue weighted by molar-refractivity contribution is -0.152. The molecule has 1 heterocycles. The maximum atomic E-state index is 13.1. The molecule has 0 aliphatic carbocycles. The zero-order chi connectivity index (χ0) is 28.5. The fourth-order valence-electron chi connectivity index (χ4n) is 4.75. The molecule has 1 amide bonds. The molecule has 0 aromatic heterocycles. The van der Waals surface area contributed by atoms with E-state index < -0.39 is 36.1 Å². The van der Waals surface area contributed by atoms with E-state index in [0.29, 0.717) is 5.92 Å². The molecule has 0 spiro atoms. The van der Waals surface area contributed by atoms with Gasteiger partial charge in [0, 0.05) is 6.42 Å². The molecule has 0 bridgehead atoms. The van der Waals surface area contributed by atoms with E-state index in [2.05, 4.69) is 13.8 Å². The van der Waals surface area contributed by atoms with Crippen LogP contribution in [0.15, 0.2) is 84.9 Å². The summed E-state index contributed by atoms with van der Waals surface area (Å²) in [5, 5.41) is 0. The number of carbonyl (C=O) groups is 3. The van der Waals surface area contributed by atoms with Crippen molar-refractivity contribution in [1.29, 1.82) is 0 Å². The fourth-order valence-corrected chi connectivity index (χ4v) is 4.75. The summed E-state index contributed by atoms with van der Waals surface area (Å²) in [5.74, 6) is -0.911. The van der Waals surface area contributed by atoms with E-state index in [-0.39, 0.29) is 26.2 Å². The van der Waals surface area contributed by atoms with Crippen LogP contribution in [0.5, 0.6) is 0 Å². The van der Waals surface area contributed by atoms with Gasteiger partial charge >= 0.3 is 18.0 Å². The zero-order valence-corrected chi connectivity index (χ0v) is 23.3. The summed E-state index contributed by atoms with van der Waals surface area (Å²) in [6.45, 7) is 6.33. The summed E-state index contributed by atoms with van der Waals surface area (Å²) in [6, 6.07) is 25.7. The molecule has 3 atom stereocenters. The van der Waals surface area contributed by atoms with Crippen LogP contribution in [0.4, 0.5) is 4.79 Å². The standard InChI is InChI=1S/C33H37NO6/c1-23(2)18-25-14-16-28(17-15-25)24(3)31(35)40-29-19-30(32(36)38-21-26-10-6-4-7-11-26)34(20-29)33(37)39-22-27-12-8-5-9-13-27/h4-17,23-24,29-30H,18-22H2,1-3H3/t24?,29?,30-/m0/s1. The van der Waals surface area contributed by atoms with Gasteiger partial charge in [-0.05, 0) is 41.5 Å². The minimum absolute atomic E-state index is 0.0461. The third-order valence-electron chi connectivity index (χ3n) is 6.96. The van der Waals surface area contributed by atoms with E-state index in [1.807, 2.05) is 84.9 Å². The van der Waals surface area contributed by atoms with Gasteiger partial charge in [-0.3, -0.25) is 9.69 Å². The molecule has 1 aliphatic heterocycles. The fraction of sp³-hybridized carbons (Fsp3) is 0.364. The Balaban J connectivity index is 1.40. The number of carbonyl (C=O) groups excluding carboxylic acids is 3. The van der Waals surface area contributed by atoms with Crippen molar-refractivity contribution in [3.63, 3.8) is 0 Å². The molecule has 1 saturated heterocycles. The van der Waals surface area contributed by atoms with Crippen LogP contribution in [0.1, 0.15) is 55.4 Å². The third kappa shape index (κ3) is 7.94. The highest BCUT2D eigenvalue weighted by Gasteiger charge is 2.43. The second kappa shape index (κ2) is 13.8. The van der Waals surface area contributed by atoms with Crippen molar-refractivity contribution in [3.05, 3.63) is 107 Å². The van der Waals surface area contributed by atoms with E-state index in [9.17, 15) is 14.4 Å². The van der Waals surface area contributed by atoms with Crippen LogP contribution in [0.3, 0.4) is 0 Å².